The third-order valence-corrected chi connectivity index (χ3v) is 6.13. The van der Waals surface area contributed by atoms with E-state index in [0.29, 0.717) is 6.54 Å². The topological polar surface area (TPSA) is 58.1 Å². The van der Waals surface area contributed by atoms with E-state index >= 15 is 0 Å². The zero-order chi connectivity index (χ0) is 22.2. The molecule has 2 aromatic carbocycles. The number of aryl methyl sites for hydroxylation is 1. The second-order valence-electron chi connectivity index (χ2n) is 8.80. The van der Waals surface area contributed by atoms with Gasteiger partial charge in [0.2, 0.25) is 0 Å². The summed E-state index contributed by atoms with van der Waals surface area (Å²) in [5, 5.41) is 6.93. The van der Waals surface area contributed by atoms with E-state index in [4.69, 9.17) is 9.47 Å². The molecule has 0 atom stereocenters. The van der Waals surface area contributed by atoms with Crippen LogP contribution in [0.15, 0.2) is 47.5 Å². The highest BCUT2D eigenvalue weighted by molar-refractivity contribution is 14.0. The van der Waals surface area contributed by atoms with Crippen molar-refractivity contribution in [3.05, 3.63) is 64.7 Å². The van der Waals surface area contributed by atoms with Gasteiger partial charge < -0.3 is 20.1 Å². The number of guanidine groups is 1. The molecule has 1 saturated carbocycles. The maximum atomic E-state index is 6.11. The Labute approximate surface area is 215 Å². The van der Waals surface area contributed by atoms with E-state index in [1.54, 1.807) is 0 Å². The Morgan fingerprint density at radius 3 is 2.42 bits per heavy atom. The highest BCUT2D eigenvalue weighted by Gasteiger charge is 2.22. The van der Waals surface area contributed by atoms with Crippen LogP contribution in [-0.4, -0.2) is 50.8 Å². The number of halogens is 1. The summed E-state index contributed by atoms with van der Waals surface area (Å²) >= 11 is 0. The molecule has 0 amide bonds. The van der Waals surface area contributed by atoms with Crippen LogP contribution in [0.25, 0.3) is 0 Å². The first-order chi connectivity index (χ1) is 15.7. The number of aliphatic imine (C=N–C) groups is 1. The molecule has 1 aliphatic heterocycles. The van der Waals surface area contributed by atoms with Crippen LogP contribution in [0.5, 0.6) is 5.75 Å². The molecule has 2 N–H and O–H groups in total. The summed E-state index contributed by atoms with van der Waals surface area (Å²) in [6, 6.07) is 15.1. The summed E-state index contributed by atoms with van der Waals surface area (Å²) in [5.41, 5.74) is 5.03. The van der Waals surface area contributed by atoms with Crippen molar-refractivity contribution >= 4 is 29.9 Å². The van der Waals surface area contributed by atoms with Gasteiger partial charge in [-0.3, -0.25) is 9.89 Å². The van der Waals surface area contributed by atoms with Gasteiger partial charge in [0.15, 0.2) is 5.96 Å². The second kappa shape index (κ2) is 13.2. The molecule has 0 bridgehead atoms. The smallest absolute Gasteiger partial charge is 0.191 e. The summed E-state index contributed by atoms with van der Waals surface area (Å²) in [6.07, 6.45) is 2.59. The fraction of sp³-hybridized carbons (Fsp3) is 0.500. The molecule has 180 valence electrons. The van der Waals surface area contributed by atoms with E-state index in [0.717, 1.165) is 69.2 Å². The highest BCUT2D eigenvalue weighted by atomic mass is 127. The highest BCUT2D eigenvalue weighted by Crippen LogP contribution is 2.30. The molecule has 33 heavy (non-hydrogen) atoms. The van der Waals surface area contributed by atoms with Crippen molar-refractivity contribution < 1.29 is 9.47 Å². The maximum absolute atomic E-state index is 6.11. The molecular weight excluding hydrogens is 527 g/mol. The minimum atomic E-state index is 0. The molecule has 0 aromatic heterocycles. The van der Waals surface area contributed by atoms with Gasteiger partial charge >= 0.3 is 0 Å². The molecule has 1 aliphatic carbocycles. The first kappa shape index (κ1) is 25.8. The minimum absolute atomic E-state index is 0. The molecule has 0 unspecified atom stereocenters. The van der Waals surface area contributed by atoms with Crippen LogP contribution in [-0.2, 0) is 24.4 Å². The van der Waals surface area contributed by atoms with Gasteiger partial charge in [-0.2, -0.15) is 0 Å². The Kier molecular flexibility index (Phi) is 10.3. The molecule has 7 heteroatoms. The van der Waals surface area contributed by atoms with Gasteiger partial charge in [-0.05, 0) is 48.4 Å². The van der Waals surface area contributed by atoms with Crippen molar-refractivity contribution in [1.29, 1.82) is 0 Å². The van der Waals surface area contributed by atoms with Gasteiger partial charge in [-0.25, -0.2) is 0 Å². The van der Waals surface area contributed by atoms with Crippen molar-refractivity contribution in [3.63, 3.8) is 0 Å². The average Bonchev–Trinajstić information content (AvgIpc) is 3.65. The van der Waals surface area contributed by atoms with Crippen molar-refractivity contribution in [2.45, 2.75) is 39.4 Å². The SMILES string of the molecule is CN=C(NCc1ccccc1CN1CCOCC1)NCc1ccc(C)cc1OCC1CC1.I. The Bertz CT molecular complexity index is 911. The predicted molar refractivity (Wildman–Crippen MR) is 144 cm³/mol. The van der Waals surface area contributed by atoms with Gasteiger partial charge in [0.25, 0.3) is 0 Å². The van der Waals surface area contributed by atoms with Crippen LogP contribution in [0.2, 0.25) is 0 Å². The number of nitrogens with one attached hydrogen (secondary N) is 2. The summed E-state index contributed by atoms with van der Waals surface area (Å²) in [6.45, 7) is 8.93. The molecule has 0 radical (unpaired) electrons. The van der Waals surface area contributed by atoms with E-state index in [-0.39, 0.29) is 24.0 Å². The van der Waals surface area contributed by atoms with Gasteiger partial charge in [0, 0.05) is 45.3 Å². The molecule has 2 fully saturated rings. The molecule has 1 heterocycles. The third kappa shape index (κ3) is 8.15. The quantitative estimate of drug-likeness (QED) is 0.273. The fourth-order valence-electron chi connectivity index (χ4n) is 3.90. The zero-order valence-electron chi connectivity index (χ0n) is 19.8. The van der Waals surface area contributed by atoms with Gasteiger partial charge in [0.1, 0.15) is 5.75 Å². The normalized spacial score (nSPS) is 16.7. The zero-order valence-corrected chi connectivity index (χ0v) is 22.1. The summed E-state index contributed by atoms with van der Waals surface area (Å²) in [4.78, 5) is 6.88. The lowest BCUT2D eigenvalue weighted by Gasteiger charge is -2.27. The van der Waals surface area contributed by atoms with Gasteiger partial charge in [0.05, 0.1) is 19.8 Å². The van der Waals surface area contributed by atoms with Crippen LogP contribution in [0.1, 0.15) is 35.1 Å². The first-order valence-corrected chi connectivity index (χ1v) is 11.7. The van der Waals surface area contributed by atoms with Crippen LogP contribution in [0.3, 0.4) is 0 Å². The number of benzene rings is 2. The van der Waals surface area contributed by atoms with Gasteiger partial charge in [-0.15, -0.1) is 24.0 Å². The number of hydrogen-bond donors (Lipinski definition) is 2. The van der Waals surface area contributed by atoms with E-state index in [1.165, 1.54) is 29.5 Å². The molecule has 0 spiro atoms. The monoisotopic (exact) mass is 564 g/mol. The lowest BCUT2D eigenvalue weighted by molar-refractivity contribution is 0.0341. The Balaban J connectivity index is 0.00000306. The second-order valence-corrected chi connectivity index (χ2v) is 8.80. The Hall–Kier alpha value is -1.84. The number of morpholine rings is 1. The van der Waals surface area contributed by atoms with E-state index in [9.17, 15) is 0 Å². The lowest BCUT2D eigenvalue weighted by Crippen LogP contribution is -2.37. The lowest BCUT2D eigenvalue weighted by atomic mass is 10.1. The number of nitrogens with zero attached hydrogens (tertiary/aromatic N) is 2. The molecule has 2 aromatic rings. The summed E-state index contributed by atoms with van der Waals surface area (Å²) in [5.74, 6) is 2.51. The molecular formula is C26H37IN4O2. The molecule has 6 nitrogen and oxygen atoms in total. The third-order valence-electron chi connectivity index (χ3n) is 6.13. The van der Waals surface area contributed by atoms with Crippen LogP contribution in [0, 0.1) is 12.8 Å². The minimum Gasteiger partial charge on any atom is -0.493 e. The molecule has 4 rings (SSSR count). The van der Waals surface area contributed by atoms with Crippen LogP contribution in [0.4, 0.5) is 0 Å². The Morgan fingerprint density at radius 1 is 1.03 bits per heavy atom. The summed E-state index contributed by atoms with van der Waals surface area (Å²) in [7, 11) is 1.81. The predicted octanol–water partition coefficient (Wildman–Crippen LogP) is 4.10. The van der Waals surface area contributed by atoms with E-state index in [1.807, 2.05) is 7.05 Å². The average molecular weight is 565 g/mol. The number of hydrogen-bond acceptors (Lipinski definition) is 4. The number of rotatable bonds is 9. The van der Waals surface area contributed by atoms with Crippen LogP contribution < -0.4 is 15.4 Å². The first-order valence-electron chi connectivity index (χ1n) is 11.7. The fourth-order valence-corrected chi connectivity index (χ4v) is 3.90. The van der Waals surface area contributed by atoms with E-state index in [2.05, 4.69) is 69.9 Å². The van der Waals surface area contributed by atoms with E-state index < -0.39 is 0 Å². The summed E-state index contributed by atoms with van der Waals surface area (Å²) < 4.78 is 11.6. The van der Waals surface area contributed by atoms with Crippen molar-refractivity contribution in [3.8, 4) is 5.75 Å². The van der Waals surface area contributed by atoms with Crippen LogP contribution >= 0.6 is 24.0 Å². The molecule has 2 aliphatic rings. The number of ether oxygens (including phenoxy) is 2. The van der Waals surface area contributed by atoms with Crippen molar-refractivity contribution in [1.82, 2.24) is 15.5 Å². The van der Waals surface area contributed by atoms with Gasteiger partial charge in [-0.1, -0.05) is 36.4 Å². The van der Waals surface area contributed by atoms with Crippen molar-refractivity contribution in [2.24, 2.45) is 10.9 Å². The maximum Gasteiger partial charge on any atom is 0.191 e. The Morgan fingerprint density at radius 2 is 1.73 bits per heavy atom. The largest absolute Gasteiger partial charge is 0.493 e. The standard InChI is InChI=1S/C26H36N4O2.HI/c1-20-7-10-23(25(15-20)32-19-21-8-9-21)17-29-26(27-2)28-16-22-5-3-4-6-24(22)18-30-11-13-31-14-12-30;/h3-7,10,15,21H,8-9,11-14,16-19H2,1-2H3,(H2,27,28,29);1H. The molecule has 1 saturated heterocycles. The van der Waals surface area contributed by atoms with Crippen molar-refractivity contribution in [2.75, 3.05) is 40.0 Å².